The molecule has 0 aliphatic heterocycles. The number of carbonyl (C=O) groups is 3. The molecule has 0 fully saturated rings. The number of methoxy groups -OCH3 is 1. The summed E-state index contributed by atoms with van der Waals surface area (Å²) in [6.45, 7) is 3.91. The lowest BCUT2D eigenvalue weighted by Gasteiger charge is -2.13. The van der Waals surface area contributed by atoms with E-state index in [1.54, 1.807) is 13.8 Å². The Bertz CT molecular complexity index is 496. The maximum Gasteiger partial charge on any atom is 0.337 e. The van der Waals surface area contributed by atoms with Gasteiger partial charge in [-0.2, -0.15) is 0 Å². The quantitative estimate of drug-likeness (QED) is 0.778. The fourth-order valence-electron chi connectivity index (χ4n) is 1.55. The highest BCUT2D eigenvalue weighted by Crippen LogP contribution is 2.06. The van der Waals surface area contributed by atoms with Crippen molar-refractivity contribution >= 4 is 17.8 Å². The van der Waals surface area contributed by atoms with Crippen LogP contribution in [0.3, 0.4) is 0 Å². The van der Waals surface area contributed by atoms with Crippen LogP contribution < -0.4 is 10.6 Å². The van der Waals surface area contributed by atoms with E-state index in [0.29, 0.717) is 17.7 Å². The van der Waals surface area contributed by atoms with Crippen LogP contribution in [-0.4, -0.2) is 37.5 Å². The number of hydrogen-bond donors (Lipinski definition) is 2. The molecule has 0 aliphatic rings. The van der Waals surface area contributed by atoms with E-state index in [-0.39, 0.29) is 11.8 Å². The molecule has 6 heteroatoms. The van der Waals surface area contributed by atoms with Gasteiger partial charge in [0, 0.05) is 12.1 Å². The van der Waals surface area contributed by atoms with E-state index in [1.165, 1.54) is 31.4 Å². The fourth-order valence-corrected chi connectivity index (χ4v) is 1.55. The van der Waals surface area contributed by atoms with Gasteiger partial charge < -0.3 is 15.4 Å². The minimum Gasteiger partial charge on any atom is -0.465 e. The third-order valence-corrected chi connectivity index (χ3v) is 2.66. The van der Waals surface area contributed by atoms with Crippen molar-refractivity contribution in [1.29, 1.82) is 0 Å². The molecule has 6 nitrogen and oxygen atoms in total. The topological polar surface area (TPSA) is 84.5 Å². The van der Waals surface area contributed by atoms with Crippen LogP contribution >= 0.6 is 0 Å². The third kappa shape index (κ3) is 4.08. The number of esters is 1. The van der Waals surface area contributed by atoms with Gasteiger partial charge in [-0.3, -0.25) is 9.59 Å². The highest BCUT2D eigenvalue weighted by Gasteiger charge is 2.16. The number of hydrogen-bond acceptors (Lipinski definition) is 4. The lowest BCUT2D eigenvalue weighted by Crippen LogP contribution is -2.44. The van der Waals surface area contributed by atoms with Crippen LogP contribution in [0.5, 0.6) is 0 Å². The smallest absolute Gasteiger partial charge is 0.337 e. The van der Waals surface area contributed by atoms with Crippen molar-refractivity contribution in [3.8, 4) is 0 Å². The SMILES string of the molecule is CCNC(=O)[C@H](C)NC(=O)c1ccc(C(=O)OC)cc1. The van der Waals surface area contributed by atoms with E-state index in [0.717, 1.165) is 0 Å². The molecule has 0 saturated carbocycles. The minimum absolute atomic E-state index is 0.243. The first-order valence-corrected chi connectivity index (χ1v) is 6.26. The molecule has 1 aromatic rings. The predicted molar refractivity (Wildman–Crippen MR) is 73.4 cm³/mol. The maximum atomic E-state index is 11.9. The van der Waals surface area contributed by atoms with Crippen LogP contribution in [-0.2, 0) is 9.53 Å². The van der Waals surface area contributed by atoms with E-state index >= 15 is 0 Å². The van der Waals surface area contributed by atoms with Crippen molar-refractivity contribution < 1.29 is 19.1 Å². The number of amides is 2. The van der Waals surface area contributed by atoms with Gasteiger partial charge in [0.05, 0.1) is 12.7 Å². The van der Waals surface area contributed by atoms with Crippen molar-refractivity contribution in [3.63, 3.8) is 0 Å². The number of benzene rings is 1. The second-order valence-corrected chi connectivity index (χ2v) is 4.16. The van der Waals surface area contributed by atoms with Gasteiger partial charge in [-0.25, -0.2) is 4.79 Å². The van der Waals surface area contributed by atoms with Gasteiger partial charge in [0.2, 0.25) is 5.91 Å². The summed E-state index contributed by atoms with van der Waals surface area (Å²) in [6, 6.07) is 5.38. The summed E-state index contributed by atoms with van der Waals surface area (Å²) < 4.78 is 4.57. The largest absolute Gasteiger partial charge is 0.465 e. The molecular formula is C14H18N2O4. The monoisotopic (exact) mass is 278 g/mol. The van der Waals surface area contributed by atoms with Crippen molar-refractivity contribution in [2.75, 3.05) is 13.7 Å². The Morgan fingerprint density at radius 1 is 1.15 bits per heavy atom. The Hall–Kier alpha value is -2.37. The molecule has 0 unspecified atom stereocenters. The first-order chi connectivity index (χ1) is 9.49. The average molecular weight is 278 g/mol. The van der Waals surface area contributed by atoms with Gasteiger partial charge in [0.1, 0.15) is 6.04 Å². The second-order valence-electron chi connectivity index (χ2n) is 4.16. The predicted octanol–water partition coefficient (Wildman–Crippen LogP) is 0.728. The lowest BCUT2D eigenvalue weighted by molar-refractivity contribution is -0.122. The summed E-state index contributed by atoms with van der Waals surface area (Å²) >= 11 is 0. The molecule has 0 bridgehead atoms. The van der Waals surface area contributed by atoms with E-state index in [2.05, 4.69) is 15.4 Å². The summed E-state index contributed by atoms with van der Waals surface area (Å²) in [5, 5.41) is 5.20. The molecule has 0 spiro atoms. The van der Waals surface area contributed by atoms with E-state index < -0.39 is 12.0 Å². The number of carbonyl (C=O) groups excluding carboxylic acids is 3. The molecule has 1 rings (SSSR count). The first kappa shape index (κ1) is 15.7. The molecular weight excluding hydrogens is 260 g/mol. The second kappa shape index (κ2) is 7.28. The van der Waals surface area contributed by atoms with Gasteiger partial charge in [-0.15, -0.1) is 0 Å². The van der Waals surface area contributed by atoms with E-state index in [4.69, 9.17) is 0 Å². The Morgan fingerprint density at radius 2 is 1.70 bits per heavy atom. The van der Waals surface area contributed by atoms with Crippen LogP contribution in [0.1, 0.15) is 34.6 Å². The van der Waals surface area contributed by atoms with Crippen molar-refractivity contribution in [2.24, 2.45) is 0 Å². The molecule has 0 radical (unpaired) electrons. The Morgan fingerprint density at radius 3 is 2.20 bits per heavy atom. The van der Waals surface area contributed by atoms with Crippen LogP contribution in [0.2, 0.25) is 0 Å². The van der Waals surface area contributed by atoms with Gasteiger partial charge >= 0.3 is 5.97 Å². The first-order valence-electron chi connectivity index (χ1n) is 6.26. The summed E-state index contributed by atoms with van der Waals surface area (Å²) in [4.78, 5) is 34.7. The van der Waals surface area contributed by atoms with Crippen LogP contribution in [0.4, 0.5) is 0 Å². The molecule has 108 valence electrons. The van der Waals surface area contributed by atoms with E-state index in [9.17, 15) is 14.4 Å². The third-order valence-electron chi connectivity index (χ3n) is 2.66. The zero-order valence-corrected chi connectivity index (χ0v) is 11.7. The molecule has 0 heterocycles. The Balaban J connectivity index is 2.68. The number of ether oxygens (including phenoxy) is 1. The maximum absolute atomic E-state index is 11.9. The molecule has 0 aliphatic carbocycles. The number of rotatable bonds is 5. The molecule has 2 amide bonds. The molecule has 20 heavy (non-hydrogen) atoms. The highest BCUT2D eigenvalue weighted by molar-refractivity contribution is 5.98. The van der Waals surface area contributed by atoms with Gasteiger partial charge in [0.15, 0.2) is 0 Å². The summed E-state index contributed by atoms with van der Waals surface area (Å²) in [6.07, 6.45) is 0. The minimum atomic E-state index is -0.622. The van der Waals surface area contributed by atoms with Crippen LogP contribution in [0, 0.1) is 0 Å². The molecule has 1 atom stereocenters. The zero-order valence-electron chi connectivity index (χ0n) is 11.7. The zero-order chi connectivity index (χ0) is 15.1. The van der Waals surface area contributed by atoms with Crippen molar-refractivity contribution in [1.82, 2.24) is 10.6 Å². The van der Waals surface area contributed by atoms with Gasteiger partial charge in [-0.1, -0.05) is 0 Å². The highest BCUT2D eigenvalue weighted by atomic mass is 16.5. The fraction of sp³-hybridized carbons (Fsp3) is 0.357. The van der Waals surface area contributed by atoms with Crippen molar-refractivity contribution in [2.45, 2.75) is 19.9 Å². The molecule has 0 saturated heterocycles. The Kier molecular flexibility index (Phi) is 5.71. The lowest BCUT2D eigenvalue weighted by atomic mass is 10.1. The molecule has 2 N–H and O–H groups in total. The summed E-state index contributed by atoms with van der Waals surface area (Å²) in [5.41, 5.74) is 0.731. The molecule has 1 aromatic carbocycles. The number of likely N-dealkylation sites (N-methyl/N-ethyl adjacent to an activating group) is 1. The van der Waals surface area contributed by atoms with Gasteiger partial charge in [-0.05, 0) is 38.1 Å². The normalized spacial score (nSPS) is 11.3. The Labute approximate surface area is 117 Å². The summed E-state index contributed by atoms with van der Waals surface area (Å²) in [5.74, 6) is -1.08. The standard InChI is InChI=1S/C14H18N2O4/c1-4-15-12(17)9(2)16-13(18)10-5-7-11(8-6-10)14(19)20-3/h5-9H,4H2,1-3H3,(H,15,17)(H,16,18)/t9-/m0/s1. The molecule has 0 aromatic heterocycles. The van der Waals surface area contributed by atoms with E-state index in [1.807, 2.05) is 0 Å². The average Bonchev–Trinajstić information content (AvgIpc) is 2.46. The summed E-state index contributed by atoms with van der Waals surface area (Å²) in [7, 11) is 1.29. The van der Waals surface area contributed by atoms with Crippen LogP contribution in [0.15, 0.2) is 24.3 Å². The van der Waals surface area contributed by atoms with Gasteiger partial charge in [0.25, 0.3) is 5.91 Å². The van der Waals surface area contributed by atoms with Crippen LogP contribution in [0.25, 0.3) is 0 Å². The van der Waals surface area contributed by atoms with Crippen molar-refractivity contribution in [3.05, 3.63) is 35.4 Å². The number of nitrogens with one attached hydrogen (secondary N) is 2.